The lowest BCUT2D eigenvalue weighted by molar-refractivity contribution is 0.475. The molecule has 106 valence electrons. The Balaban J connectivity index is 2.14. The third-order valence-corrected chi connectivity index (χ3v) is 3.13. The molecule has 2 aromatic carbocycles. The van der Waals surface area contributed by atoms with Crippen LogP contribution in [0.25, 0.3) is 0 Å². The SMILES string of the molecule is NCCCN(Cc1ccc(O)cc1)c1ccc(F)cc1. The zero-order valence-corrected chi connectivity index (χ0v) is 11.3. The summed E-state index contributed by atoms with van der Waals surface area (Å²) in [6.07, 6.45) is 0.870. The Morgan fingerprint density at radius 3 is 2.25 bits per heavy atom. The standard InChI is InChI=1S/C16H19FN2O/c17-14-4-6-15(7-5-14)19(11-1-10-18)12-13-2-8-16(20)9-3-13/h2-9,20H,1,10-12,18H2. The van der Waals surface area contributed by atoms with E-state index in [0.717, 1.165) is 24.2 Å². The first kappa shape index (κ1) is 14.3. The lowest BCUT2D eigenvalue weighted by Gasteiger charge is -2.25. The van der Waals surface area contributed by atoms with Crippen molar-refractivity contribution in [3.8, 4) is 5.75 Å². The van der Waals surface area contributed by atoms with Gasteiger partial charge in [0, 0.05) is 18.8 Å². The van der Waals surface area contributed by atoms with Crippen LogP contribution in [-0.2, 0) is 6.54 Å². The summed E-state index contributed by atoms with van der Waals surface area (Å²) in [5.74, 6) is 0.0150. The highest BCUT2D eigenvalue weighted by Gasteiger charge is 2.07. The Hall–Kier alpha value is -2.07. The van der Waals surface area contributed by atoms with E-state index in [1.165, 1.54) is 12.1 Å². The normalized spacial score (nSPS) is 10.5. The van der Waals surface area contributed by atoms with Gasteiger partial charge in [-0.1, -0.05) is 12.1 Å². The van der Waals surface area contributed by atoms with Gasteiger partial charge in [-0.2, -0.15) is 0 Å². The van der Waals surface area contributed by atoms with Gasteiger partial charge in [0.15, 0.2) is 0 Å². The van der Waals surface area contributed by atoms with Gasteiger partial charge < -0.3 is 15.7 Å². The van der Waals surface area contributed by atoms with Gasteiger partial charge in [-0.25, -0.2) is 4.39 Å². The van der Waals surface area contributed by atoms with E-state index in [9.17, 15) is 9.50 Å². The summed E-state index contributed by atoms with van der Waals surface area (Å²) in [5.41, 5.74) is 7.63. The van der Waals surface area contributed by atoms with Gasteiger partial charge in [-0.05, 0) is 54.9 Å². The minimum absolute atomic E-state index is 0.239. The number of aromatic hydroxyl groups is 1. The highest BCUT2D eigenvalue weighted by Crippen LogP contribution is 2.19. The summed E-state index contributed by atoms with van der Waals surface area (Å²) >= 11 is 0. The Kier molecular flexibility index (Phi) is 4.96. The first-order valence-electron chi connectivity index (χ1n) is 6.67. The molecular formula is C16H19FN2O. The molecule has 2 aromatic rings. The number of phenols is 1. The van der Waals surface area contributed by atoms with Crippen molar-refractivity contribution < 1.29 is 9.50 Å². The van der Waals surface area contributed by atoms with Crippen LogP contribution in [0.5, 0.6) is 5.75 Å². The van der Waals surface area contributed by atoms with Crippen molar-refractivity contribution in [1.82, 2.24) is 0 Å². The molecule has 0 amide bonds. The number of anilines is 1. The zero-order chi connectivity index (χ0) is 14.4. The van der Waals surface area contributed by atoms with Crippen LogP contribution in [0, 0.1) is 5.82 Å². The second-order valence-electron chi connectivity index (χ2n) is 4.71. The average Bonchev–Trinajstić information content (AvgIpc) is 2.46. The second kappa shape index (κ2) is 6.91. The van der Waals surface area contributed by atoms with Crippen LogP contribution in [0.2, 0.25) is 0 Å². The molecule has 0 aliphatic rings. The van der Waals surface area contributed by atoms with Crippen molar-refractivity contribution in [3.63, 3.8) is 0 Å². The van der Waals surface area contributed by atoms with Crippen molar-refractivity contribution in [2.45, 2.75) is 13.0 Å². The topological polar surface area (TPSA) is 49.5 Å². The maximum Gasteiger partial charge on any atom is 0.123 e. The fourth-order valence-corrected chi connectivity index (χ4v) is 2.06. The quantitative estimate of drug-likeness (QED) is 0.851. The maximum atomic E-state index is 13.0. The van der Waals surface area contributed by atoms with Gasteiger partial charge in [0.1, 0.15) is 11.6 Å². The Morgan fingerprint density at radius 2 is 1.65 bits per heavy atom. The Morgan fingerprint density at radius 1 is 1.00 bits per heavy atom. The van der Waals surface area contributed by atoms with Crippen molar-refractivity contribution in [3.05, 3.63) is 59.9 Å². The predicted octanol–water partition coefficient (Wildman–Crippen LogP) is 2.89. The summed E-state index contributed by atoms with van der Waals surface area (Å²) in [5, 5.41) is 9.31. The Labute approximate surface area is 118 Å². The summed E-state index contributed by atoms with van der Waals surface area (Å²) in [4.78, 5) is 2.15. The van der Waals surface area contributed by atoms with Crippen LogP contribution in [0.1, 0.15) is 12.0 Å². The highest BCUT2D eigenvalue weighted by atomic mass is 19.1. The molecule has 0 aliphatic heterocycles. The molecule has 4 heteroatoms. The molecule has 0 aliphatic carbocycles. The number of hydrogen-bond acceptors (Lipinski definition) is 3. The molecule has 20 heavy (non-hydrogen) atoms. The van der Waals surface area contributed by atoms with Crippen LogP contribution in [0.3, 0.4) is 0 Å². The molecule has 0 unspecified atom stereocenters. The lowest BCUT2D eigenvalue weighted by Crippen LogP contribution is -2.25. The lowest BCUT2D eigenvalue weighted by atomic mass is 10.1. The third kappa shape index (κ3) is 3.96. The van der Waals surface area contributed by atoms with Gasteiger partial charge in [0.05, 0.1) is 0 Å². The fraction of sp³-hybridized carbons (Fsp3) is 0.250. The summed E-state index contributed by atoms with van der Waals surface area (Å²) in [6, 6.07) is 13.6. The van der Waals surface area contributed by atoms with Crippen LogP contribution in [0.4, 0.5) is 10.1 Å². The minimum Gasteiger partial charge on any atom is -0.508 e. The Bertz CT molecular complexity index is 525. The molecule has 0 atom stereocenters. The molecule has 2 rings (SSSR count). The number of benzene rings is 2. The molecule has 0 bridgehead atoms. The van der Waals surface area contributed by atoms with Crippen LogP contribution in [-0.4, -0.2) is 18.2 Å². The van der Waals surface area contributed by atoms with Gasteiger partial charge in [0.25, 0.3) is 0 Å². The van der Waals surface area contributed by atoms with E-state index in [1.807, 2.05) is 12.1 Å². The van der Waals surface area contributed by atoms with E-state index in [-0.39, 0.29) is 11.6 Å². The molecular weight excluding hydrogens is 255 g/mol. The number of nitrogens with zero attached hydrogens (tertiary/aromatic N) is 1. The van der Waals surface area contributed by atoms with E-state index < -0.39 is 0 Å². The largest absolute Gasteiger partial charge is 0.508 e. The van der Waals surface area contributed by atoms with Crippen molar-refractivity contribution in [2.75, 3.05) is 18.0 Å². The fourth-order valence-electron chi connectivity index (χ4n) is 2.06. The van der Waals surface area contributed by atoms with Gasteiger partial charge in [0.2, 0.25) is 0 Å². The van der Waals surface area contributed by atoms with E-state index in [4.69, 9.17) is 5.73 Å². The van der Waals surface area contributed by atoms with Crippen LogP contribution >= 0.6 is 0 Å². The third-order valence-electron chi connectivity index (χ3n) is 3.13. The van der Waals surface area contributed by atoms with E-state index in [0.29, 0.717) is 13.1 Å². The van der Waals surface area contributed by atoms with E-state index in [2.05, 4.69) is 4.90 Å². The molecule has 0 spiro atoms. The molecule has 0 heterocycles. The van der Waals surface area contributed by atoms with E-state index >= 15 is 0 Å². The van der Waals surface area contributed by atoms with Crippen LogP contribution in [0.15, 0.2) is 48.5 Å². The summed E-state index contributed by atoms with van der Waals surface area (Å²) in [6.45, 7) is 2.13. The highest BCUT2D eigenvalue weighted by molar-refractivity contribution is 5.47. The van der Waals surface area contributed by atoms with Gasteiger partial charge in [-0.3, -0.25) is 0 Å². The molecule has 0 saturated carbocycles. The molecule has 0 saturated heterocycles. The summed E-state index contributed by atoms with van der Waals surface area (Å²) < 4.78 is 13.0. The number of rotatable bonds is 6. The number of hydrogen-bond donors (Lipinski definition) is 2. The molecule has 0 radical (unpaired) electrons. The van der Waals surface area contributed by atoms with Crippen molar-refractivity contribution in [2.24, 2.45) is 5.73 Å². The maximum absolute atomic E-state index is 13.0. The molecule has 0 aromatic heterocycles. The molecule has 3 N–H and O–H groups in total. The van der Waals surface area contributed by atoms with Crippen molar-refractivity contribution >= 4 is 5.69 Å². The van der Waals surface area contributed by atoms with Crippen molar-refractivity contribution in [1.29, 1.82) is 0 Å². The second-order valence-corrected chi connectivity index (χ2v) is 4.71. The molecule has 0 fully saturated rings. The number of nitrogens with two attached hydrogens (primary N) is 1. The van der Waals surface area contributed by atoms with Crippen LogP contribution < -0.4 is 10.6 Å². The predicted molar refractivity (Wildman–Crippen MR) is 79.2 cm³/mol. The minimum atomic E-state index is -0.239. The smallest absolute Gasteiger partial charge is 0.123 e. The number of phenolic OH excluding ortho intramolecular Hbond substituents is 1. The van der Waals surface area contributed by atoms with Gasteiger partial charge in [-0.15, -0.1) is 0 Å². The zero-order valence-electron chi connectivity index (χ0n) is 11.3. The first-order valence-corrected chi connectivity index (χ1v) is 6.67. The molecule has 3 nitrogen and oxygen atoms in total. The first-order chi connectivity index (χ1) is 9.69. The monoisotopic (exact) mass is 274 g/mol. The number of halogens is 1. The average molecular weight is 274 g/mol. The van der Waals surface area contributed by atoms with Gasteiger partial charge >= 0.3 is 0 Å². The van der Waals surface area contributed by atoms with E-state index in [1.54, 1.807) is 24.3 Å². The summed E-state index contributed by atoms with van der Waals surface area (Å²) in [7, 11) is 0.